The van der Waals surface area contributed by atoms with Crippen molar-refractivity contribution in [1.29, 1.82) is 0 Å². The van der Waals surface area contributed by atoms with Gasteiger partial charge in [0.25, 0.3) is 0 Å². The number of carbonyl (C=O) groups is 1. The fraction of sp³-hybridized carbons (Fsp3) is 0.269. The molecule has 3 rings (SSSR count). The Morgan fingerprint density at radius 1 is 0.966 bits per heavy atom. The van der Waals surface area contributed by atoms with Gasteiger partial charge < -0.3 is 4.74 Å². The van der Waals surface area contributed by atoms with Gasteiger partial charge in [-0.2, -0.15) is 0 Å². The zero-order valence-corrected chi connectivity index (χ0v) is 18.4. The Hall–Kier alpha value is -2.44. The van der Waals surface area contributed by atoms with Gasteiger partial charge in [-0.3, -0.25) is 4.79 Å². The molecule has 0 aromatic heterocycles. The van der Waals surface area contributed by atoms with Crippen molar-refractivity contribution < 1.29 is 9.53 Å². The van der Waals surface area contributed by atoms with Gasteiger partial charge >= 0.3 is 0 Å². The first-order chi connectivity index (χ1) is 14.1. The van der Waals surface area contributed by atoms with Crippen molar-refractivity contribution in [3.63, 3.8) is 0 Å². The number of benzene rings is 3. The van der Waals surface area contributed by atoms with Crippen LogP contribution < -0.4 is 10.0 Å². The first-order valence-electron chi connectivity index (χ1n) is 10.1. The first kappa shape index (κ1) is 21.3. The SMILES string of the molecule is CCCC(C)(Pc1ccccc1C=O)c1cc(Cc2ccccc2)ccc1OC. The van der Waals surface area contributed by atoms with E-state index in [-0.39, 0.29) is 5.16 Å². The van der Waals surface area contributed by atoms with Crippen LogP contribution in [0.25, 0.3) is 0 Å². The molecule has 2 unspecified atom stereocenters. The van der Waals surface area contributed by atoms with Crippen LogP contribution in [-0.4, -0.2) is 13.4 Å². The van der Waals surface area contributed by atoms with Crippen LogP contribution in [0.4, 0.5) is 0 Å². The lowest BCUT2D eigenvalue weighted by atomic mass is 9.91. The molecule has 0 aliphatic carbocycles. The lowest BCUT2D eigenvalue weighted by Crippen LogP contribution is -2.22. The average molecular weight is 404 g/mol. The molecular weight excluding hydrogens is 375 g/mol. The van der Waals surface area contributed by atoms with E-state index in [0.29, 0.717) is 8.58 Å². The van der Waals surface area contributed by atoms with Crippen molar-refractivity contribution >= 4 is 20.2 Å². The van der Waals surface area contributed by atoms with Gasteiger partial charge in [-0.05, 0) is 35.3 Å². The Morgan fingerprint density at radius 3 is 2.38 bits per heavy atom. The van der Waals surface area contributed by atoms with Crippen molar-refractivity contribution in [3.05, 3.63) is 95.1 Å². The number of methoxy groups -OCH3 is 1. The Morgan fingerprint density at radius 2 is 1.69 bits per heavy atom. The zero-order chi connectivity index (χ0) is 20.7. The third-order valence-electron chi connectivity index (χ3n) is 5.36. The fourth-order valence-electron chi connectivity index (χ4n) is 3.90. The standard InChI is InChI=1S/C26H29O2P/c1-4-16-26(2,29-25-13-9-8-12-22(25)19-27)23-18-21(14-15-24(23)28-3)17-20-10-6-5-7-11-20/h5-15,18-19,29H,4,16-17H2,1-3H3. The van der Waals surface area contributed by atoms with Gasteiger partial charge in [0.05, 0.1) is 7.11 Å². The summed E-state index contributed by atoms with van der Waals surface area (Å²) in [5, 5.41) is 1.03. The zero-order valence-electron chi connectivity index (χ0n) is 17.4. The second-order valence-corrected chi connectivity index (χ2v) is 9.50. The Labute approximate surface area is 176 Å². The van der Waals surface area contributed by atoms with Crippen LogP contribution in [0, 0.1) is 0 Å². The molecule has 0 fully saturated rings. The van der Waals surface area contributed by atoms with Crippen molar-refractivity contribution in [3.8, 4) is 5.75 Å². The van der Waals surface area contributed by atoms with Gasteiger partial charge in [-0.1, -0.05) is 95.6 Å². The Bertz CT molecular complexity index is 952. The number of hydrogen-bond acceptors (Lipinski definition) is 2. The summed E-state index contributed by atoms with van der Waals surface area (Å²) in [6.45, 7) is 4.52. The van der Waals surface area contributed by atoms with E-state index in [0.717, 1.165) is 42.2 Å². The maximum absolute atomic E-state index is 11.6. The van der Waals surface area contributed by atoms with Crippen LogP contribution in [-0.2, 0) is 11.6 Å². The lowest BCUT2D eigenvalue weighted by Gasteiger charge is -2.32. The molecule has 0 saturated carbocycles. The first-order valence-corrected chi connectivity index (χ1v) is 11.1. The lowest BCUT2D eigenvalue weighted by molar-refractivity contribution is 0.112. The highest BCUT2D eigenvalue weighted by atomic mass is 31.1. The van der Waals surface area contributed by atoms with Gasteiger partial charge in [0.1, 0.15) is 5.75 Å². The predicted molar refractivity (Wildman–Crippen MR) is 124 cm³/mol. The van der Waals surface area contributed by atoms with Gasteiger partial charge in [0, 0.05) is 16.3 Å². The van der Waals surface area contributed by atoms with E-state index in [1.807, 2.05) is 24.3 Å². The van der Waals surface area contributed by atoms with Crippen molar-refractivity contribution in [2.45, 2.75) is 38.3 Å². The summed E-state index contributed by atoms with van der Waals surface area (Å²) in [4.78, 5) is 11.6. The number of rotatable bonds is 9. The second-order valence-electron chi connectivity index (χ2n) is 7.61. The largest absolute Gasteiger partial charge is 0.496 e. The summed E-state index contributed by atoms with van der Waals surface area (Å²) in [7, 11) is 2.23. The number of hydrogen-bond donors (Lipinski definition) is 0. The minimum atomic E-state index is -0.0914. The molecule has 0 spiro atoms. The molecule has 0 amide bonds. The molecule has 3 aromatic rings. The van der Waals surface area contributed by atoms with Crippen molar-refractivity contribution in [2.24, 2.45) is 0 Å². The molecular formula is C26H29O2P. The number of aldehydes is 1. The quantitative estimate of drug-likeness (QED) is 0.317. The van der Waals surface area contributed by atoms with Crippen LogP contribution >= 0.6 is 8.58 Å². The fourth-order valence-corrected chi connectivity index (χ4v) is 5.67. The molecule has 3 heteroatoms. The van der Waals surface area contributed by atoms with Gasteiger partial charge in [0.2, 0.25) is 0 Å². The average Bonchev–Trinajstić information content (AvgIpc) is 2.75. The molecule has 0 heterocycles. The molecule has 0 radical (unpaired) electrons. The minimum absolute atomic E-state index is 0.0914. The highest BCUT2D eigenvalue weighted by Crippen LogP contribution is 2.48. The van der Waals surface area contributed by atoms with E-state index in [4.69, 9.17) is 4.74 Å². The molecule has 2 atom stereocenters. The maximum atomic E-state index is 11.6. The van der Waals surface area contributed by atoms with E-state index in [1.165, 1.54) is 16.7 Å². The van der Waals surface area contributed by atoms with Gasteiger partial charge in [-0.15, -0.1) is 0 Å². The van der Waals surface area contributed by atoms with E-state index in [2.05, 4.69) is 62.4 Å². The molecule has 29 heavy (non-hydrogen) atoms. The monoisotopic (exact) mass is 404 g/mol. The summed E-state index contributed by atoms with van der Waals surface area (Å²) >= 11 is 0. The molecule has 0 saturated heterocycles. The summed E-state index contributed by atoms with van der Waals surface area (Å²) in [6.07, 6.45) is 3.97. The van der Waals surface area contributed by atoms with Crippen LogP contribution in [0.5, 0.6) is 5.75 Å². The summed E-state index contributed by atoms with van der Waals surface area (Å²) in [5.74, 6) is 0.925. The third-order valence-corrected chi connectivity index (χ3v) is 7.15. The van der Waals surface area contributed by atoms with Gasteiger partial charge in [0.15, 0.2) is 6.29 Å². The van der Waals surface area contributed by atoms with E-state index >= 15 is 0 Å². The second kappa shape index (κ2) is 9.85. The third kappa shape index (κ3) is 5.14. The molecule has 0 N–H and O–H groups in total. The van der Waals surface area contributed by atoms with E-state index < -0.39 is 0 Å². The van der Waals surface area contributed by atoms with Crippen LogP contribution in [0.2, 0.25) is 0 Å². The normalized spacial score (nSPS) is 13.3. The Kier molecular flexibility index (Phi) is 7.23. The topological polar surface area (TPSA) is 26.3 Å². The van der Waals surface area contributed by atoms with Crippen LogP contribution in [0.15, 0.2) is 72.8 Å². The molecule has 0 aliphatic rings. The molecule has 3 aromatic carbocycles. The Balaban J connectivity index is 2.02. The van der Waals surface area contributed by atoms with Crippen molar-refractivity contribution in [1.82, 2.24) is 0 Å². The van der Waals surface area contributed by atoms with Gasteiger partial charge in [-0.25, -0.2) is 0 Å². The van der Waals surface area contributed by atoms with Crippen molar-refractivity contribution in [2.75, 3.05) is 7.11 Å². The summed E-state index contributed by atoms with van der Waals surface area (Å²) in [5.41, 5.74) is 4.60. The molecule has 2 nitrogen and oxygen atoms in total. The summed E-state index contributed by atoms with van der Waals surface area (Å²) in [6, 6.07) is 25.0. The van der Waals surface area contributed by atoms with Crippen LogP contribution in [0.3, 0.4) is 0 Å². The highest BCUT2D eigenvalue weighted by molar-refractivity contribution is 7.48. The smallest absolute Gasteiger partial charge is 0.150 e. The minimum Gasteiger partial charge on any atom is -0.496 e. The summed E-state index contributed by atoms with van der Waals surface area (Å²) < 4.78 is 5.77. The maximum Gasteiger partial charge on any atom is 0.150 e. The predicted octanol–water partition coefficient (Wildman–Crippen LogP) is 6.12. The number of ether oxygens (including phenoxy) is 1. The van der Waals surface area contributed by atoms with E-state index in [9.17, 15) is 4.79 Å². The molecule has 0 aliphatic heterocycles. The highest BCUT2D eigenvalue weighted by Gasteiger charge is 2.30. The molecule has 150 valence electrons. The molecule has 0 bridgehead atoms. The van der Waals surface area contributed by atoms with E-state index in [1.54, 1.807) is 7.11 Å². The van der Waals surface area contributed by atoms with Crippen LogP contribution in [0.1, 0.15) is 53.7 Å². The number of carbonyl (C=O) groups excluding carboxylic acids is 1.